The number of halogens is 1. The number of carbonyl (C=O) groups is 1. The van der Waals surface area contributed by atoms with Crippen LogP contribution in [0.2, 0.25) is 0 Å². The fourth-order valence-corrected chi connectivity index (χ4v) is 3.95. The Hall–Kier alpha value is -3.55. The summed E-state index contributed by atoms with van der Waals surface area (Å²) in [6.07, 6.45) is 3.16. The molecule has 172 valence electrons. The fraction of sp³-hybridized carbons (Fsp3) is 0.360. The van der Waals surface area contributed by atoms with Gasteiger partial charge in [0.2, 0.25) is 5.91 Å². The molecule has 2 aromatic heterocycles. The van der Waals surface area contributed by atoms with Gasteiger partial charge in [0.1, 0.15) is 17.5 Å². The number of nitrogens with zero attached hydrogens (tertiary/aromatic N) is 3. The molecule has 0 bridgehead atoms. The molecule has 1 amide bonds. The first-order valence-corrected chi connectivity index (χ1v) is 11.1. The Morgan fingerprint density at radius 2 is 1.94 bits per heavy atom. The van der Waals surface area contributed by atoms with Crippen LogP contribution in [0.4, 0.5) is 10.2 Å². The lowest BCUT2D eigenvalue weighted by Crippen LogP contribution is -2.40. The Morgan fingerprint density at radius 3 is 2.58 bits per heavy atom. The minimum absolute atomic E-state index is 0.00344. The number of benzene rings is 1. The highest BCUT2D eigenvalue weighted by atomic mass is 19.1. The van der Waals surface area contributed by atoms with Gasteiger partial charge >= 0.3 is 0 Å². The number of piperidine rings is 1. The van der Waals surface area contributed by atoms with Gasteiger partial charge in [-0.15, -0.1) is 0 Å². The molecule has 8 heteroatoms. The molecule has 0 spiro atoms. The van der Waals surface area contributed by atoms with Crippen LogP contribution in [-0.2, 0) is 11.3 Å². The SMILES string of the molecule is Cc1ccc(CNC(=O)C2CCN(c3ccc(-c4nc(C)c(C)c(=O)[nH]4)cn3)CC2)cc1F. The third-order valence-electron chi connectivity index (χ3n) is 6.31. The van der Waals surface area contributed by atoms with Crippen LogP contribution in [0.3, 0.4) is 0 Å². The van der Waals surface area contributed by atoms with Crippen molar-refractivity contribution in [3.63, 3.8) is 0 Å². The lowest BCUT2D eigenvalue weighted by Gasteiger charge is -2.32. The summed E-state index contributed by atoms with van der Waals surface area (Å²) in [5.74, 6) is 1.02. The molecule has 1 aromatic carbocycles. The standard InChI is InChI=1S/C25H28FN5O2/c1-15-4-5-18(12-21(15)26)13-28-25(33)19-8-10-31(11-9-19)22-7-6-20(14-27-22)23-29-17(3)16(2)24(32)30-23/h4-7,12,14,19H,8-11,13H2,1-3H3,(H,28,33)(H,29,30,32). The summed E-state index contributed by atoms with van der Waals surface area (Å²) >= 11 is 0. The third kappa shape index (κ3) is 5.10. The van der Waals surface area contributed by atoms with Crippen LogP contribution in [0.1, 0.15) is 35.2 Å². The van der Waals surface area contributed by atoms with Crippen molar-refractivity contribution >= 4 is 11.7 Å². The summed E-state index contributed by atoms with van der Waals surface area (Å²) in [5.41, 5.74) is 3.27. The zero-order valence-electron chi connectivity index (χ0n) is 19.1. The Bertz CT molecular complexity index is 1210. The van der Waals surface area contributed by atoms with Gasteiger partial charge in [0.05, 0.1) is 0 Å². The topological polar surface area (TPSA) is 91.0 Å². The van der Waals surface area contributed by atoms with Gasteiger partial charge in [-0.25, -0.2) is 14.4 Å². The number of amides is 1. The van der Waals surface area contributed by atoms with E-state index in [1.165, 1.54) is 6.07 Å². The summed E-state index contributed by atoms with van der Waals surface area (Å²) in [7, 11) is 0. The summed E-state index contributed by atoms with van der Waals surface area (Å²) in [5, 5.41) is 2.93. The molecule has 3 heterocycles. The number of aromatic amines is 1. The average molecular weight is 450 g/mol. The summed E-state index contributed by atoms with van der Waals surface area (Å²) in [4.78, 5) is 38.5. The van der Waals surface area contributed by atoms with E-state index in [-0.39, 0.29) is 23.2 Å². The van der Waals surface area contributed by atoms with E-state index >= 15 is 0 Å². The number of rotatable bonds is 5. The van der Waals surface area contributed by atoms with Gasteiger partial charge < -0.3 is 15.2 Å². The number of hydrogen-bond acceptors (Lipinski definition) is 5. The largest absolute Gasteiger partial charge is 0.357 e. The smallest absolute Gasteiger partial charge is 0.254 e. The van der Waals surface area contributed by atoms with E-state index in [4.69, 9.17) is 0 Å². The molecule has 3 aromatic rings. The Morgan fingerprint density at radius 1 is 1.18 bits per heavy atom. The maximum Gasteiger partial charge on any atom is 0.254 e. The quantitative estimate of drug-likeness (QED) is 0.623. The summed E-state index contributed by atoms with van der Waals surface area (Å²) in [6, 6.07) is 8.84. The second-order valence-electron chi connectivity index (χ2n) is 8.59. The Balaban J connectivity index is 1.32. The lowest BCUT2D eigenvalue weighted by atomic mass is 9.95. The van der Waals surface area contributed by atoms with Crippen molar-refractivity contribution in [3.8, 4) is 11.4 Å². The molecule has 4 rings (SSSR count). The van der Waals surface area contributed by atoms with Gasteiger partial charge in [0.15, 0.2) is 0 Å². The molecule has 33 heavy (non-hydrogen) atoms. The second-order valence-corrected chi connectivity index (χ2v) is 8.59. The van der Waals surface area contributed by atoms with E-state index in [0.717, 1.165) is 42.9 Å². The number of pyridine rings is 1. The van der Waals surface area contributed by atoms with E-state index < -0.39 is 0 Å². The van der Waals surface area contributed by atoms with Crippen LogP contribution in [-0.4, -0.2) is 33.9 Å². The molecule has 0 unspecified atom stereocenters. The maximum absolute atomic E-state index is 13.7. The van der Waals surface area contributed by atoms with Crippen LogP contribution < -0.4 is 15.8 Å². The summed E-state index contributed by atoms with van der Waals surface area (Å²) < 4.78 is 13.7. The van der Waals surface area contributed by atoms with Gasteiger partial charge in [0, 0.05) is 48.6 Å². The third-order valence-corrected chi connectivity index (χ3v) is 6.31. The summed E-state index contributed by atoms with van der Waals surface area (Å²) in [6.45, 7) is 7.06. The lowest BCUT2D eigenvalue weighted by molar-refractivity contribution is -0.125. The highest BCUT2D eigenvalue weighted by Gasteiger charge is 2.25. The van der Waals surface area contributed by atoms with Gasteiger partial charge in [0.25, 0.3) is 5.56 Å². The van der Waals surface area contributed by atoms with Crippen LogP contribution >= 0.6 is 0 Å². The number of aromatic nitrogens is 3. The van der Waals surface area contributed by atoms with Crippen molar-refractivity contribution in [2.45, 2.75) is 40.2 Å². The molecule has 1 saturated heterocycles. The number of nitrogens with one attached hydrogen (secondary N) is 2. The van der Waals surface area contributed by atoms with E-state index in [9.17, 15) is 14.0 Å². The normalized spacial score (nSPS) is 14.4. The number of aryl methyl sites for hydroxylation is 2. The predicted octanol–water partition coefficient (Wildman–Crippen LogP) is 3.43. The second kappa shape index (κ2) is 9.52. The minimum Gasteiger partial charge on any atom is -0.357 e. The number of anilines is 1. The Labute approximate surface area is 192 Å². The number of H-pyrrole nitrogens is 1. The number of hydrogen-bond donors (Lipinski definition) is 2. The molecule has 0 saturated carbocycles. The zero-order chi connectivity index (χ0) is 23.5. The van der Waals surface area contributed by atoms with Gasteiger partial charge in [-0.2, -0.15) is 0 Å². The first-order chi connectivity index (χ1) is 15.8. The zero-order valence-corrected chi connectivity index (χ0v) is 19.1. The molecule has 0 atom stereocenters. The van der Waals surface area contributed by atoms with Crippen LogP contribution in [0.5, 0.6) is 0 Å². The molecule has 1 aliphatic heterocycles. The Kier molecular flexibility index (Phi) is 6.53. The van der Waals surface area contributed by atoms with Gasteiger partial charge in [-0.05, 0) is 62.9 Å². The highest BCUT2D eigenvalue weighted by Crippen LogP contribution is 2.24. The first kappa shape index (κ1) is 22.6. The van der Waals surface area contributed by atoms with E-state index in [2.05, 4.69) is 25.2 Å². The minimum atomic E-state index is -0.256. The van der Waals surface area contributed by atoms with E-state index in [0.29, 0.717) is 29.2 Å². The van der Waals surface area contributed by atoms with Crippen molar-refractivity contribution in [2.75, 3.05) is 18.0 Å². The van der Waals surface area contributed by atoms with E-state index in [1.807, 2.05) is 25.1 Å². The molecular weight excluding hydrogens is 421 g/mol. The molecule has 0 radical (unpaired) electrons. The monoisotopic (exact) mass is 449 g/mol. The predicted molar refractivity (Wildman–Crippen MR) is 125 cm³/mol. The molecule has 1 fully saturated rings. The maximum atomic E-state index is 13.7. The van der Waals surface area contributed by atoms with Gasteiger partial charge in [-0.3, -0.25) is 9.59 Å². The molecule has 7 nitrogen and oxygen atoms in total. The van der Waals surface area contributed by atoms with Crippen molar-refractivity contribution in [2.24, 2.45) is 5.92 Å². The highest BCUT2D eigenvalue weighted by molar-refractivity contribution is 5.79. The molecule has 2 N–H and O–H groups in total. The van der Waals surface area contributed by atoms with Crippen molar-refractivity contribution in [1.29, 1.82) is 0 Å². The van der Waals surface area contributed by atoms with Crippen molar-refractivity contribution in [3.05, 3.63) is 75.1 Å². The fourth-order valence-electron chi connectivity index (χ4n) is 3.95. The number of carbonyl (C=O) groups excluding carboxylic acids is 1. The van der Waals surface area contributed by atoms with Gasteiger partial charge in [-0.1, -0.05) is 12.1 Å². The van der Waals surface area contributed by atoms with E-state index in [1.54, 1.807) is 26.1 Å². The van der Waals surface area contributed by atoms with Crippen molar-refractivity contribution < 1.29 is 9.18 Å². The first-order valence-electron chi connectivity index (χ1n) is 11.1. The average Bonchev–Trinajstić information content (AvgIpc) is 2.83. The van der Waals surface area contributed by atoms with Crippen LogP contribution in [0, 0.1) is 32.5 Å². The molecule has 0 aliphatic carbocycles. The molecule has 1 aliphatic rings. The van der Waals surface area contributed by atoms with Crippen molar-refractivity contribution in [1.82, 2.24) is 20.3 Å². The molecular formula is C25H28FN5O2. The van der Waals surface area contributed by atoms with Crippen LogP contribution in [0.25, 0.3) is 11.4 Å². The van der Waals surface area contributed by atoms with Crippen LogP contribution in [0.15, 0.2) is 41.3 Å².